The van der Waals surface area contributed by atoms with E-state index in [4.69, 9.17) is 21.1 Å². The summed E-state index contributed by atoms with van der Waals surface area (Å²) in [6.45, 7) is 2.37. The maximum atomic E-state index is 6.47. The molecule has 1 aliphatic carbocycles. The van der Waals surface area contributed by atoms with E-state index in [1.807, 2.05) is 6.07 Å². The van der Waals surface area contributed by atoms with E-state index in [-0.39, 0.29) is 0 Å². The number of ether oxygens (including phenoxy) is 2. The van der Waals surface area contributed by atoms with E-state index in [1.165, 1.54) is 49.9 Å². The number of likely N-dealkylation sites (tertiary alicyclic amines) is 1. The van der Waals surface area contributed by atoms with Gasteiger partial charge in [-0.25, -0.2) is 0 Å². The lowest BCUT2D eigenvalue weighted by Gasteiger charge is -2.35. The SMILES string of the molecule is COc1cc(Cl)c2c(c1OC)C(N1CCCC1)CCC2. The molecule has 1 aromatic carbocycles. The first-order chi connectivity index (χ1) is 9.76. The fourth-order valence-electron chi connectivity index (χ4n) is 3.67. The summed E-state index contributed by atoms with van der Waals surface area (Å²) in [6, 6.07) is 2.33. The zero-order valence-electron chi connectivity index (χ0n) is 12.2. The van der Waals surface area contributed by atoms with Gasteiger partial charge in [-0.3, -0.25) is 4.90 Å². The Morgan fingerprint density at radius 2 is 1.90 bits per heavy atom. The van der Waals surface area contributed by atoms with E-state index in [9.17, 15) is 0 Å². The number of halogens is 1. The highest BCUT2D eigenvalue weighted by atomic mass is 35.5. The van der Waals surface area contributed by atoms with Crippen molar-refractivity contribution < 1.29 is 9.47 Å². The van der Waals surface area contributed by atoms with Crippen LogP contribution < -0.4 is 9.47 Å². The topological polar surface area (TPSA) is 21.7 Å². The second kappa shape index (κ2) is 5.82. The summed E-state index contributed by atoms with van der Waals surface area (Å²) in [5, 5.41) is 0.821. The Balaban J connectivity index is 2.11. The minimum absolute atomic E-state index is 0.434. The van der Waals surface area contributed by atoms with Gasteiger partial charge in [0.2, 0.25) is 0 Å². The number of nitrogens with zero attached hydrogens (tertiary/aromatic N) is 1. The van der Waals surface area contributed by atoms with Crippen molar-refractivity contribution in [3.8, 4) is 11.5 Å². The molecule has 1 fully saturated rings. The van der Waals surface area contributed by atoms with Crippen molar-refractivity contribution in [3.63, 3.8) is 0 Å². The fourth-order valence-corrected chi connectivity index (χ4v) is 3.97. The smallest absolute Gasteiger partial charge is 0.165 e. The van der Waals surface area contributed by atoms with E-state index in [2.05, 4.69) is 4.90 Å². The average Bonchev–Trinajstić information content (AvgIpc) is 3.00. The lowest BCUT2D eigenvalue weighted by Crippen LogP contribution is -2.29. The summed E-state index contributed by atoms with van der Waals surface area (Å²) in [4.78, 5) is 2.58. The minimum atomic E-state index is 0.434. The summed E-state index contributed by atoms with van der Waals surface area (Å²) in [6.07, 6.45) is 6.02. The highest BCUT2D eigenvalue weighted by Crippen LogP contribution is 2.48. The molecular weight excluding hydrogens is 274 g/mol. The summed E-state index contributed by atoms with van der Waals surface area (Å²) < 4.78 is 11.1. The zero-order valence-corrected chi connectivity index (χ0v) is 13.0. The Kier molecular flexibility index (Phi) is 4.08. The first kappa shape index (κ1) is 14.0. The van der Waals surface area contributed by atoms with Crippen LogP contribution >= 0.6 is 11.6 Å². The molecule has 1 aliphatic heterocycles. The highest BCUT2D eigenvalue weighted by molar-refractivity contribution is 6.31. The zero-order chi connectivity index (χ0) is 14.1. The van der Waals surface area contributed by atoms with Crippen LogP contribution in [0.3, 0.4) is 0 Å². The third-order valence-electron chi connectivity index (χ3n) is 4.58. The summed E-state index contributed by atoms with van der Waals surface area (Å²) in [7, 11) is 3.40. The summed E-state index contributed by atoms with van der Waals surface area (Å²) in [5.41, 5.74) is 2.53. The molecule has 1 saturated heterocycles. The number of hydrogen-bond donors (Lipinski definition) is 0. The molecule has 0 amide bonds. The molecule has 110 valence electrons. The molecule has 20 heavy (non-hydrogen) atoms. The molecular formula is C16H22ClNO2. The van der Waals surface area contributed by atoms with Crippen LogP contribution in [0.15, 0.2) is 6.07 Å². The van der Waals surface area contributed by atoms with Crippen LogP contribution in [0, 0.1) is 0 Å². The van der Waals surface area contributed by atoms with E-state index >= 15 is 0 Å². The van der Waals surface area contributed by atoms with Gasteiger partial charge in [0.25, 0.3) is 0 Å². The molecule has 1 aromatic rings. The number of methoxy groups -OCH3 is 2. The van der Waals surface area contributed by atoms with E-state index < -0.39 is 0 Å². The largest absolute Gasteiger partial charge is 0.493 e. The monoisotopic (exact) mass is 295 g/mol. The second-order valence-corrected chi connectivity index (χ2v) is 6.04. The minimum Gasteiger partial charge on any atom is -0.493 e. The lowest BCUT2D eigenvalue weighted by molar-refractivity contribution is 0.214. The van der Waals surface area contributed by atoms with Gasteiger partial charge in [-0.1, -0.05) is 11.6 Å². The van der Waals surface area contributed by atoms with Gasteiger partial charge >= 0.3 is 0 Å². The van der Waals surface area contributed by atoms with Crippen molar-refractivity contribution >= 4 is 11.6 Å². The third-order valence-corrected chi connectivity index (χ3v) is 4.92. The first-order valence-corrected chi connectivity index (χ1v) is 7.81. The van der Waals surface area contributed by atoms with Gasteiger partial charge in [0.05, 0.1) is 14.2 Å². The quantitative estimate of drug-likeness (QED) is 0.846. The Hall–Kier alpha value is -0.930. The normalized spacial score (nSPS) is 22.6. The maximum absolute atomic E-state index is 6.47. The van der Waals surface area contributed by atoms with Crippen molar-refractivity contribution in [3.05, 3.63) is 22.2 Å². The maximum Gasteiger partial charge on any atom is 0.165 e. The van der Waals surface area contributed by atoms with E-state index in [0.717, 1.165) is 22.9 Å². The molecule has 1 heterocycles. The Labute approximate surface area is 125 Å². The predicted molar refractivity (Wildman–Crippen MR) is 81.0 cm³/mol. The molecule has 0 bridgehead atoms. The van der Waals surface area contributed by atoms with Crippen molar-refractivity contribution in [2.75, 3.05) is 27.3 Å². The number of hydrogen-bond acceptors (Lipinski definition) is 3. The number of benzene rings is 1. The van der Waals surface area contributed by atoms with Crippen molar-refractivity contribution in [2.24, 2.45) is 0 Å². The van der Waals surface area contributed by atoms with Crippen molar-refractivity contribution in [1.82, 2.24) is 4.90 Å². The van der Waals surface area contributed by atoms with Crippen LogP contribution in [-0.4, -0.2) is 32.2 Å². The lowest BCUT2D eigenvalue weighted by atomic mass is 9.85. The van der Waals surface area contributed by atoms with Crippen LogP contribution in [0.4, 0.5) is 0 Å². The van der Waals surface area contributed by atoms with Crippen LogP contribution in [0.2, 0.25) is 5.02 Å². The Bertz CT molecular complexity index is 498. The molecule has 0 spiro atoms. The summed E-state index contributed by atoms with van der Waals surface area (Å²) >= 11 is 6.47. The Morgan fingerprint density at radius 1 is 1.15 bits per heavy atom. The number of fused-ring (bicyclic) bond motifs is 1. The molecule has 0 N–H and O–H groups in total. The highest BCUT2D eigenvalue weighted by Gasteiger charge is 2.33. The molecule has 3 rings (SSSR count). The fraction of sp³-hybridized carbons (Fsp3) is 0.625. The van der Waals surface area contributed by atoms with Crippen LogP contribution in [0.1, 0.15) is 42.9 Å². The van der Waals surface area contributed by atoms with Gasteiger partial charge in [-0.2, -0.15) is 0 Å². The third kappa shape index (κ3) is 2.27. The average molecular weight is 296 g/mol. The van der Waals surface area contributed by atoms with Gasteiger partial charge in [-0.15, -0.1) is 0 Å². The second-order valence-electron chi connectivity index (χ2n) is 5.64. The molecule has 2 aliphatic rings. The van der Waals surface area contributed by atoms with Gasteiger partial charge in [0.15, 0.2) is 11.5 Å². The van der Waals surface area contributed by atoms with E-state index in [1.54, 1.807) is 14.2 Å². The Morgan fingerprint density at radius 3 is 2.55 bits per heavy atom. The molecule has 0 aromatic heterocycles. The van der Waals surface area contributed by atoms with Gasteiger partial charge < -0.3 is 9.47 Å². The van der Waals surface area contributed by atoms with Crippen molar-refractivity contribution in [1.29, 1.82) is 0 Å². The van der Waals surface area contributed by atoms with Gasteiger partial charge in [-0.05, 0) is 50.8 Å². The molecule has 1 unspecified atom stereocenters. The van der Waals surface area contributed by atoms with Crippen LogP contribution in [-0.2, 0) is 6.42 Å². The van der Waals surface area contributed by atoms with E-state index in [0.29, 0.717) is 6.04 Å². The molecule has 1 atom stereocenters. The molecule has 3 nitrogen and oxygen atoms in total. The number of rotatable bonds is 3. The molecule has 4 heteroatoms. The van der Waals surface area contributed by atoms with Gasteiger partial charge in [0, 0.05) is 22.7 Å². The molecule has 0 radical (unpaired) electrons. The standard InChI is InChI=1S/C16H22ClNO2/c1-19-14-10-12(17)11-6-5-7-13(15(11)16(14)20-2)18-8-3-4-9-18/h10,13H,3-9H2,1-2H3. The van der Waals surface area contributed by atoms with Crippen LogP contribution in [0.25, 0.3) is 0 Å². The van der Waals surface area contributed by atoms with Crippen LogP contribution in [0.5, 0.6) is 11.5 Å². The van der Waals surface area contributed by atoms with Crippen molar-refractivity contribution in [2.45, 2.75) is 38.1 Å². The molecule has 0 saturated carbocycles. The summed E-state index contributed by atoms with van der Waals surface area (Å²) in [5.74, 6) is 1.63. The van der Waals surface area contributed by atoms with Gasteiger partial charge in [0.1, 0.15) is 0 Å². The first-order valence-electron chi connectivity index (χ1n) is 7.43. The predicted octanol–water partition coefficient (Wildman–Crippen LogP) is 3.83.